The van der Waals surface area contributed by atoms with Crippen LogP contribution in [0.1, 0.15) is 36.4 Å². The number of carbonyl (C=O) groups excluding carboxylic acids is 1. The molecule has 19 heavy (non-hydrogen) atoms. The van der Waals surface area contributed by atoms with Crippen LogP contribution < -0.4 is 10.6 Å². The second kappa shape index (κ2) is 7.73. The summed E-state index contributed by atoms with van der Waals surface area (Å²) in [5.74, 6) is 0.128. The third kappa shape index (κ3) is 4.10. The average Bonchev–Trinajstić information content (AvgIpc) is 2.74. The van der Waals surface area contributed by atoms with Crippen molar-refractivity contribution in [2.24, 2.45) is 0 Å². The van der Waals surface area contributed by atoms with Gasteiger partial charge in [0.1, 0.15) is 0 Å². The molecule has 106 valence electrons. The molecule has 0 saturated heterocycles. The van der Waals surface area contributed by atoms with E-state index in [1.807, 2.05) is 19.2 Å². The first-order valence-corrected chi connectivity index (χ1v) is 6.81. The molecule has 1 atom stereocenters. The van der Waals surface area contributed by atoms with Crippen LogP contribution in [-0.2, 0) is 11.2 Å². The Labute approximate surface area is 125 Å². The molecule has 5 heteroatoms. The SMILES string of the molecule is CNCCCC(=O)NC1CCc2c(Cl)cccc21.Cl. The van der Waals surface area contributed by atoms with E-state index in [9.17, 15) is 4.79 Å². The Balaban J connectivity index is 0.00000180. The van der Waals surface area contributed by atoms with Crippen LogP contribution in [0.3, 0.4) is 0 Å². The highest BCUT2D eigenvalue weighted by Gasteiger charge is 2.25. The van der Waals surface area contributed by atoms with Crippen molar-refractivity contribution >= 4 is 29.9 Å². The van der Waals surface area contributed by atoms with Crippen LogP contribution in [0, 0.1) is 0 Å². The summed E-state index contributed by atoms with van der Waals surface area (Å²) in [4.78, 5) is 11.8. The van der Waals surface area contributed by atoms with Crippen LogP contribution in [0.15, 0.2) is 18.2 Å². The standard InChI is InChI=1S/C14H19ClN2O.ClH/c1-16-9-3-6-14(18)17-13-8-7-10-11(13)4-2-5-12(10)15;/h2,4-5,13,16H,3,6-9H2,1H3,(H,17,18);1H. The summed E-state index contributed by atoms with van der Waals surface area (Å²) in [5, 5.41) is 6.96. The van der Waals surface area contributed by atoms with Crippen molar-refractivity contribution in [1.29, 1.82) is 0 Å². The first-order valence-electron chi connectivity index (χ1n) is 6.43. The van der Waals surface area contributed by atoms with E-state index in [2.05, 4.69) is 16.7 Å². The molecule has 0 aliphatic heterocycles. The fourth-order valence-corrected chi connectivity index (χ4v) is 2.73. The molecular formula is C14H20Cl2N2O. The van der Waals surface area contributed by atoms with Gasteiger partial charge in [-0.3, -0.25) is 4.79 Å². The summed E-state index contributed by atoms with van der Waals surface area (Å²) < 4.78 is 0. The topological polar surface area (TPSA) is 41.1 Å². The zero-order valence-corrected chi connectivity index (χ0v) is 12.6. The largest absolute Gasteiger partial charge is 0.349 e. The van der Waals surface area contributed by atoms with Gasteiger partial charge in [0.15, 0.2) is 0 Å². The van der Waals surface area contributed by atoms with Gasteiger partial charge < -0.3 is 10.6 Å². The lowest BCUT2D eigenvalue weighted by molar-refractivity contribution is -0.121. The van der Waals surface area contributed by atoms with E-state index in [1.54, 1.807) is 0 Å². The zero-order chi connectivity index (χ0) is 13.0. The Morgan fingerprint density at radius 3 is 3.00 bits per heavy atom. The second-order valence-electron chi connectivity index (χ2n) is 4.67. The predicted molar refractivity (Wildman–Crippen MR) is 81.1 cm³/mol. The fraction of sp³-hybridized carbons (Fsp3) is 0.500. The molecule has 0 spiro atoms. The Kier molecular flexibility index (Phi) is 6.63. The van der Waals surface area contributed by atoms with Crippen molar-refractivity contribution < 1.29 is 4.79 Å². The van der Waals surface area contributed by atoms with E-state index < -0.39 is 0 Å². The number of halogens is 2. The van der Waals surface area contributed by atoms with E-state index in [0.717, 1.165) is 30.8 Å². The highest BCUT2D eigenvalue weighted by atomic mass is 35.5. The maximum Gasteiger partial charge on any atom is 0.220 e. The first kappa shape index (κ1) is 16.3. The Morgan fingerprint density at radius 2 is 2.26 bits per heavy atom. The van der Waals surface area contributed by atoms with E-state index >= 15 is 0 Å². The Morgan fingerprint density at radius 1 is 1.47 bits per heavy atom. The molecule has 2 N–H and O–H groups in total. The van der Waals surface area contributed by atoms with Crippen LogP contribution in [0.5, 0.6) is 0 Å². The van der Waals surface area contributed by atoms with E-state index in [1.165, 1.54) is 11.1 Å². The summed E-state index contributed by atoms with van der Waals surface area (Å²) in [5.41, 5.74) is 2.38. The Bertz CT molecular complexity index is 437. The molecule has 0 fully saturated rings. The number of hydrogen-bond acceptors (Lipinski definition) is 2. The maximum atomic E-state index is 11.8. The van der Waals surface area contributed by atoms with Crippen molar-refractivity contribution in [3.63, 3.8) is 0 Å². The lowest BCUT2D eigenvalue weighted by Gasteiger charge is -2.14. The summed E-state index contributed by atoms with van der Waals surface area (Å²) >= 11 is 6.15. The van der Waals surface area contributed by atoms with E-state index in [4.69, 9.17) is 11.6 Å². The van der Waals surface area contributed by atoms with Gasteiger partial charge in [-0.2, -0.15) is 0 Å². The highest BCUT2D eigenvalue weighted by Crippen LogP contribution is 2.35. The number of nitrogens with one attached hydrogen (secondary N) is 2. The minimum atomic E-state index is 0. The van der Waals surface area contributed by atoms with Gasteiger partial charge in [0, 0.05) is 11.4 Å². The molecule has 0 radical (unpaired) electrons. The third-order valence-electron chi connectivity index (χ3n) is 3.38. The number of amides is 1. The molecule has 0 bridgehead atoms. The van der Waals surface area contributed by atoms with Crippen LogP contribution in [0.2, 0.25) is 5.02 Å². The van der Waals surface area contributed by atoms with Gasteiger partial charge >= 0.3 is 0 Å². The van der Waals surface area contributed by atoms with Crippen LogP contribution in [-0.4, -0.2) is 19.5 Å². The van der Waals surface area contributed by atoms with Gasteiger partial charge in [-0.15, -0.1) is 12.4 Å². The van der Waals surface area contributed by atoms with E-state index in [-0.39, 0.29) is 24.4 Å². The molecule has 1 aliphatic carbocycles. The lowest BCUT2D eigenvalue weighted by Crippen LogP contribution is -2.27. The molecule has 1 aromatic rings. The number of fused-ring (bicyclic) bond motifs is 1. The molecule has 1 aliphatic rings. The quantitative estimate of drug-likeness (QED) is 0.821. The van der Waals surface area contributed by atoms with Crippen molar-refractivity contribution in [2.75, 3.05) is 13.6 Å². The summed E-state index contributed by atoms with van der Waals surface area (Å²) in [6.45, 7) is 0.875. The van der Waals surface area contributed by atoms with Gasteiger partial charge in [0.05, 0.1) is 6.04 Å². The number of hydrogen-bond donors (Lipinski definition) is 2. The maximum absolute atomic E-state index is 11.8. The monoisotopic (exact) mass is 302 g/mol. The zero-order valence-electron chi connectivity index (χ0n) is 11.0. The minimum absolute atomic E-state index is 0. The molecule has 0 saturated carbocycles. The van der Waals surface area contributed by atoms with Crippen molar-refractivity contribution in [3.05, 3.63) is 34.3 Å². The molecule has 1 aromatic carbocycles. The highest BCUT2D eigenvalue weighted by molar-refractivity contribution is 6.31. The van der Waals surface area contributed by atoms with Crippen LogP contribution in [0.25, 0.3) is 0 Å². The number of carbonyl (C=O) groups is 1. The van der Waals surface area contributed by atoms with Crippen LogP contribution in [0.4, 0.5) is 0 Å². The summed E-state index contributed by atoms with van der Waals surface area (Å²) in [6, 6.07) is 6.07. The molecule has 1 unspecified atom stereocenters. The number of rotatable bonds is 5. The molecule has 3 nitrogen and oxygen atoms in total. The predicted octanol–water partition coefficient (Wildman–Crippen LogP) is 2.86. The molecular weight excluding hydrogens is 283 g/mol. The van der Waals surface area contributed by atoms with Crippen molar-refractivity contribution in [2.45, 2.75) is 31.7 Å². The van der Waals surface area contributed by atoms with Gasteiger partial charge in [-0.25, -0.2) is 0 Å². The summed E-state index contributed by atoms with van der Waals surface area (Å²) in [7, 11) is 1.90. The van der Waals surface area contributed by atoms with Crippen LogP contribution >= 0.6 is 24.0 Å². The second-order valence-corrected chi connectivity index (χ2v) is 5.08. The van der Waals surface area contributed by atoms with Gasteiger partial charge in [0.25, 0.3) is 0 Å². The number of benzene rings is 1. The van der Waals surface area contributed by atoms with Gasteiger partial charge in [0.2, 0.25) is 5.91 Å². The molecule has 0 heterocycles. The molecule has 2 rings (SSSR count). The van der Waals surface area contributed by atoms with E-state index in [0.29, 0.717) is 6.42 Å². The van der Waals surface area contributed by atoms with Gasteiger partial charge in [-0.05, 0) is 50.0 Å². The third-order valence-corrected chi connectivity index (χ3v) is 3.73. The minimum Gasteiger partial charge on any atom is -0.349 e. The smallest absolute Gasteiger partial charge is 0.220 e. The van der Waals surface area contributed by atoms with Crippen molar-refractivity contribution in [1.82, 2.24) is 10.6 Å². The van der Waals surface area contributed by atoms with Crippen molar-refractivity contribution in [3.8, 4) is 0 Å². The Hall–Kier alpha value is -0.770. The van der Waals surface area contributed by atoms with Gasteiger partial charge in [-0.1, -0.05) is 23.7 Å². The average molecular weight is 303 g/mol. The fourth-order valence-electron chi connectivity index (χ4n) is 2.45. The molecule has 0 aromatic heterocycles. The lowest BCUT2D eigenvalue weighted by atomic mass is 10.1. The molecule has 1 amide bonds. The summed E-state index contributed by atoms with van der Waals surface area (Å²) in [6.07, 6.45) is 3.36. The first-order chi connectivity index (χ1) is 8.72. The normalized spacial score (nSPS) is 16.6.